The van der Waals surface area contributed by atoms with Crippen molar-refractivity contribution >= 4 is 5.78 Å². The highest BCUT2D eigenvalue weighted by molar-refractivity contribution is 5.94. The van der Waals surface area contributed by atoms with Gasteiger partial charge in [-0.25, -0.2) is 0 Å². The topological polar surface area (TPSA) is 26.3 Å². The van der Waals surface area contributed by atoms with Crippen LogP contribution in [0.2, 0.25) is 0 Å². The molecule has 1 rings (SSSR count). The largest absolute Gasteiger partial charge is 0.460 e. The van der Waals surface area contributed by atoms with Crippen LogP contribution in [-0.2, 0) is 10.3 Å². The fourth-order valence-electron chi connectivity index (χ4n) is 2.69. The minimum atomic E-state index is -7.96. The number of methoxy groups -OCH3 is 1. The average Bonchev–Trinajstić information content (AvgIpc) is 2.66. The van der Waals surface area contributed by atoms with Crippen molar-refractivity contribution in [3.8, 4) is 0 Å². The van der Waals surface area contributed by atoms with E-state index >= 15 is 0 Å². The molecule has 15 heteroatoms. The zero-order chi connectivity index (χ0) is 26.5. The Morgan fingerprint density at radius 2 is 1.12 bits per heavy atom. The first-order valence-corrected chi connectivity index (χ1v) is 8.55. The second kappa shape index (κ2) is 8.31. The number of benzene rings is 1. The van der Waals surface area contributed by atoms with Crippen molar-refractivity contribution in [1.29, 1.82) is 0 Å². The quantitative estimate of drug-likeness (QED) is 0.268. The third-order valence-corrected chi connectivity index (χ3v) is 4.91. The Morgan fingerprint density at radius 1 is 0.727 bits per heavy atom. The van der Waals surface area contributed by atoms with E-state index in [0.717, 1.165) is 31.2 Å². The normalized spacial score (nSPS) is 16.5. The molecule has 1 unspecified atom stereocenters. The van der Waals surface area contributed by atoms with E-state index in [1.807, 2.05) is 0 Å². The molecule has 0 N–H and O–H groups in total. The van der Waals surface area contributed by atoms with Crippen LogP contribution in [0.3, 0.4) is 0 Å². The molecule has 0 amide bonds. The number of alkyl halides is 13. The zero-order valence-corrected chi connectivity index (χ0v) is 16.7. The van der Waals surface area contributed by atoms with Crippen LogP contribution >= 0.6 is 0 Å². The van der Waals surface area contributed by atoms with Crippen LogP contribution in [0, 0.1) is 0 Å². The van der Waals surface area contributed by atoms with Crippen molar-refractivity contribution in [2.75, 3.05) is 7.11 Å². The molecule has 1 aromatic rings. The Labute approximate surface area is 177 Å². The predicted octanol–water partition coefficient (Wildman–Crippen LogP) is 6.88. The minimum absolute atomic E-state index is 0.00477. The van der Waals surface area contributed by atoms with Crippen molar-refractivity contribution < 1.29 is 66.6 Å². The molecule has 0 aliphatic carbocycles. The van der Waals surface area contributed by atoms with E-state index in [0.29, 0.717) is 14.0 Å². The lowest BCUT2D eigenvalue weighted by Gasteiger charge is -2.42. The Balaban J connectivity index is 3.50. The lowest BCUT2D eigenvalue weighted by Crippen LogP contribution is -2.70. The fourth-order valence-corrected chi connectivity index (χ4v) is 2.69. The summed E-state index contributed by atoms with van der Waals surface area (Å²) in [7, 11) is 0.623. The van der Waals surface area contributed by atoms with Gasteiger partial charge in [0.05, 0.1) is 12.0 Å². The van der Waals surface area contributed by atoms with Gasteiger partial charge in [-0.15, -0.1) is 0 Å². The summed E-state index contributed by atoms with van der Waals surface area (Å²) in [5, 5.41) is 0. The maximum atomic E-state index is 14.3. The summed E-state index contributed by atoms with van der Waals surface area (Å²) < 4.78 is 177. The minimum Gasteiger partial charge on any atom is -0.374 e. The fraction of sp³-hybridized carbons (Fsp3) is 0.611. The standard InChI is InChI=1S/C18H15F13O2/c1-9(32)10-4-6-11(7-5-10)12(2,33-3)8-13(19,20)14(21,22)15(23,24)16(25,26)17(27,28)18(29,30)31/h4-7H,8H2,1-3H3. The number of hydrogen-bond acceptors (Lipinski definition) is 2. The third kappa shape index (κ3) is 4.52. The van der Waals surface area contributed by atoms with Gasteiger partial charge in [0, 0.05) is 12.7 Å². The van der Waals surface area contributed by atoms with Crippen LogP contribution < -0.4 is 0 Å². The Morgan fingerprint density at radius 3 is 1.45 bits per heavy atom. The number of ether oxygens (including phenoxy) is 1. The van der Waals surface area contributed by atoms with Gasteiger partial charge in [-0.3, -0.25) is 4.79 Å². The number of ketones is 1. The summed E-state index contributed by atoms with van der Waals surface area (Å²) in [6, 6.07) is 3.74. The average molecular weight is 510 g/mol. The Bertz CT molecular complexity index is 859. The number of rotatable bonds is 9. The lowest BCUT2D eigenvalue weighted by atomic mass is 9.84. The highest BCUT2D eigenvalue weighted by Crippen LogP contribution is 2.61. The lowest BCUT2D eigenvalue weighted by molar-refractivity contribution is -0.441. The highest BCUT2D eigenvalue weighted by atomic mass is 19.4. The van der Waals surface area contributed by atoms with Crippen molar-refractivity contribution in [2.24, 2.45) is 0 Å². The van der Waals surface area contributed by atoms with Crippen LogP contribution in [0.5, 0.6) is 0 Å². The molecule has 0 heterocycles. The molecule has 190 valence electrons. The highest BCUT2D eigenvalue weighted by Gasteiger charge is 2.90. The van der Waals surface area contributed by atoms with Gasteiger partial charge in [-0.2, -0.15) is 57.1 Å². The van der Waals surface area contributed by atoms with Crippen LogP contribution in [0.4, 0.5) is 57.1 Å². The summed E-state index contributed by atoms with van der Waals surface area (Å²) >= 11 is 0. The van der Waals surface area contributed by atoms with Crippen molar-refractivity contribution in [3.63, 3.8) is 0 Å². The molecule has 0 aromatic heterocycles. The van der Waals surface area contributed by atoms with Crippen LogP contribution in [0.1, 0.15) is 36.2 Å². The Kier molecular flexibility index (Phi) is 7.29. The molecule has 0 bridgehead atoms. The van der Waals surface area contributed by atoms with Crippen LogP contribution in [0.25, 0.3) is 0 Å². The predicted molar refractivity (Wildman–Crippen MR) is 86.2 cm³/mol. The van der Waals surface area contributed by atoms with E-state index < -0.39 is 59.2 Å². The van der Waals surface area contributed by atoms with Gasteiger partial charge in [0.25, 0.3) is 0 Å². The molecule has 2 nitrogen and oxygen atoms in total. The monoisotopic (exact) mass is 510 g/mol. The van der Waals surface area contributed by atoms with Crippen molar-refractivity contribution in [2.45, 2.75) is 61.7 Å². The molecular weight excluding hydrogens is 495 g/mol. The maximum Gasteiger partial charge on any atom is 0.460 e. The molecule has 0 saturated carbocycles. The number of hydrogen-bond donors (Lipinski definition) is 0. The summed E-state index contributed by atoms with van der Waals surface area (Å²) in [6.45, 7) is 1.71. The molecule has 0 radical (unpaired) electrons. The Hall–Kier alpha value is -2.06. The van der Waals surface area contributed by atoms with E-state index in [4.69, 9.17) is 0 Å². The second-order valence-corrected chi connectivity index (χ2v) is 7.25. The van der Waals surface area contributed by atoms with Gasteiger partial charge in [0.2, 0.25) is 0 Å². The first kappa shape index (κ1) is 29.0. The summed E-state index contributed by atoms with van der Waals surface area (Å²) in [5.41, 5.74) is -3.13. The molecule has 1 atom stereocenters. The molecule has 0 aliphatic heterocycles. The summed E-state index contributed by atoms with van der Waals surface area (Å²) in [4.78, 5) is 11.2. The van der Waals surface area contributed by atoms with Gasteiger partial charge in [-0.1, -0.05) is 24.3 Å². The van der Waals surface area contributed by atoms with Crippen LogP contribution in [-0.4, -0.2) is 48.7 Å². The van der Waals surface area contributed by atoms with E-state index in [1.165, 1.54) is 0 Å². The van der Waals surface area contributed by atoms with E-state index in [2.05, 4.69) is 4.74 Å². The van der Waals surface area contributed by atoms with E-state index in [9.17, 15) is 61.9 Å². The van der Waals surface area contributed by atoms with E-state index in [1.54, 1.807) is 0 Å². The number of carbonyl (C=O) groups excluding carboxylic acids is 1. The zero-order valence-electron chi connectivity index (χ0n) is 16.7. The summed E-state index contributed by atoms with van der Waals surface area (Å²) in [6.07, 6.45) is -10.0. The van der Waals surface area contributed by atoms with Crippen molar-refractivity contribution in [3.05, 3.63) is 35.4 Å². The molecule has 33 heavy (non-hydrogen) atoms. The molecule has 0 saturated heterocycles. The van der Waals surface area contributed by atoms with Crippen LogP contribution in [0.15, 0.2) is 24.3 Å². The molecular formula is C18H15F13O2. The van der Waals surface area contributed by atoms with Gasteiger partial charge in [0.15, 0.2) is 5.78 Å². The first-order chi connectivity index (χ1) is 14.4. The van der Waals surface area contributed by atoms with Crippen molar-refractivity contribution in [1.82, 2.24) is 0 Å². The molecule has 0 spiro atoms. The van der Waals surface area contributed by atoms with E-state index in [-0.39, 0.29) is 5.56 Å². The van der Waals surface area contributed by atoms with Gasteiger partial charge in [-0.05, 0) is 19.4 Å². The number of halogens is 13. The van der Waals surface area contributed by atoms with Gasteiger partial charge < -0.3 is 4.74 Å². The maximum absolute atomic E-state index is 14.3. The summed E-state index contributed by atoms with van der Waals surface area (Å²) in [5.74, 6) is -37.8. The molecule has 1 aromatic carbocycles. The number of carbonyl (C=O) groups is 1. The SMILES string of the molecule is COC(C)(CC(F)(F)C(F)(F)C(F)(F)C(F)(F)C(F)(F)C(F)(F)F)c1ccc(C(C)=O)cc1. The van der Waals surface area contributed by atoms with Gasteiger partial charge >= 0.3 is 35.8 Å². The number of Topliss-reactive ketones (excluding diaryl/α,β-unsaturated/α-hetero) is 1. The van der Waals surface area contributed by atoms with Gasteiger partial charge in [0.1, 0.15) is 0 Å². The smallest absolute Gasteiger partial charge is 0.374 e. The molecule has 0 aliphatic rings. The second-order valence-electron chi connectivity index (χ2n) is 7.25. The third-order valence-electron chi connectivity index (χ3n) is 4.91. The molecule has 0 fully saturated rings. The first-order valence-electron chi connectivity index (χ1n) is 8.55.